The highest BCUT2D eigenvalue weighted by Gasteiger charge is 2.01. The van der Waals surface area contributed by atoms with Gasteiger partial charge in [-0.05, 0) is 35.5 Å². The van der Waals surface area contributed by atoms with Crippen molar-refractivity contribution in [2.24, 2.45) is 10.2 Å². The van der Waals surface area contributed by atoms with Crippen LogP contribution in [-0.2, 0) is 9.59 Å². The highest BCUT2D eigenvalue weighted by Crippen LogP contribution is 2.08. The van der Waals surface area contributed by atoms with Crippen molar-refractivity contribution in [2.45, 2.75) is 25.7 Å². The molecule has 0 unspecified atom stereocenters. The highest BCUT2D eigenvalue weighted by atomic mass is 32.2. The van der Waals surface area contributed by atoms with E-state index >= 15 is 0 Å². The Morgan fingerprint density at radius 1 is 0.724 bits per heavy atom. The molecule has 0 bridgehead atoms. The summed E-state index contributed by atoms with van der Waals surface area (Å²) in [7, 11) is 0. The molecule has 0 aromatic heterocycles. The van der Waals surface area contributed by atoms with Crippen molar-refractivity contribution in [3.05, 3.63) is 71.8 Å². The molecule has 2 aromatic rings. The molecule has 152 valence electrons. The number of rotatable bonds is 12. The van der Waals surface area contributed by atoms with Gasteiger partial charge in [0.25, 0.3) is 0 Å². The van der Waals surface area contributed by atoms with E-state index in [-0.39, 0.29) is 11.8 Å². The van der Waals surface area contributed by atoms with E-state index in [1.807, 2.05) is 60.7 Å². The summed E-state index contributed by atoms with van der Waals surface area (Å²) < 4.78 is 0. The zero-order chi connectivity index (χ0) is 20.6. The van der Waals surface area contributed by atoms with Crippen molar-refractivity contribution in [2.75, 3.05) is 11.5 Å². The lowest BCUT2D eigenvalue weighted by Gasteiger charge is -2.02. The zero-order valence-electron chi connectivity index (χ0n) is 16.3. The number of hydrogen-bond acceptors (Lipinski definition) is 5. The van der Waals surface area contributed by atoms with Crippen molar-refractivity contribution in [1.82, 2.24) is 10.9 Å². The lowest BCUT2D eigenvalue weighted by atomic mass is 10.2. The molecule has 0 radical (unpaired) electrons. The molecule has 0 aliphatic carbocycles. The number of carbonyl (C=O) groups excluding carboxylic acids is 2. The maximum atomic E-state index is 11.7. The van der Waals surface area contributed by atoms with Gasteiger partial charge < -0.3 is 0 Å². The molecule has 0 saturated carbocycles. The van der Waals surface area contributed by atoms with Crippen LogP contribution >= 0.6 is 11.8 Å². The number of thioether (sulfide) groups is 1. The summed E-state index contributed by atoms with van der Waals surface area (Å²) in [6.45, 7) is 0. The summed E-state index contributed by atoms with van der Waals surface area (Å²) in [6, 6.07) is 19.2. The van der Waals surface area contributed by atoms with Crippen LogP contribution in [0, 0.1) is 0 Å². The van der Waals surface area contributed by atoms with E-state index in [1.165, 1.54) is 0 Å². The Hall–Kier alpha value is -2.93. The first kappa shape index (κ1) is 22.4. The van der Waals surface area contributed by atoms with Crippen LogP contribution in [0.2, 0.25) is 0 Å². The van der Waals surface area contributed by atoms with E-state index in [9.17, 15) is 9.59 Å². The lowest BCUT2D eigenvalue weighted by Crippen LogP contribution is -2.17. The van der Waals surface area contributed by atoms with Gasteiger partial charge in [0.1, 0.15) is 0 Å². The summed E-state index contributed by atoms with van der Waals surface area (Å²) in [6.07, 6.45) is 5.70. The third-order valence-corrected chi connectivity index (χ3v) is 4.94. The number of benzene rings is 2. The van der Waals surface area contributed by atoms with Crippen LogP contribution in [0.15, 0.2) is 70.9 Å². The van der Waals surface area contributed by atoms with Crippen molar-refractivity contribution < 1.29 is 9.59 Å². The molecule has 0 spiro atoms. The summed E-state index contributed by atoms with van der Waals surface area (Å²) >= 11 is 1.74. The van der Waals surface area contributed by atoms with Gasteiger partial charge in [-0.15, -0.1) is 0 Å². The van der Waals surface area contributed by atoms with E-state index in [2.05, 4.69) is 21.1 Å². The Bertz CT molecular complexity index is 727. The molecule has 0 aliphatic rings. The molecule has 2 rings (SSSR count). The third-order valence-electron chi connectivity index (χ3n) is 3.79. The fourth-order valence-electron chi connectivity index (χ4n) is 2.32. The van der Waals surface area contributed by atoms with E-state index in [0.717, 1.165) is 35.5 Å². The van der Waals surface area contributed by atoms with Crippen molar-refractivity contribution >= 4 is 36.0 Å². The molecule has 7 heteroatoms. The molecule has 29 heavy (non-hydrogen) atoms. The van der Waals surface area contributed by atoms with Crippen LogP contribution in [0.3, 0.4) is 0 Å². The van der Waals surface area contributed by atoms with Crippen LogP contribution in [-0.4, -0.2) is 35.7 Å². The molecule has 0 heterocycles. The molecule has 0 fully saturated rings. The van der Waals surface area contributed by atoms with Gasteiger partial charge in [0.2, 0.25) is 11.8 Å². The van der Waals surface area contributed by atoms with E-state index in [0.29, 0.717) is 12.8 Å². The SMILES string of the molecule is O=C(CCCSCCCC(=O)N/N=C/c1ccccc1)NN=Cc1ccccc1. The van der Waals surface area contributed by atoms with E-state index in [1.54, 1.807) is 24.2 Å². The second-order valence-electron chi connectivity index (χ2n) is 6.23. The minimum atomic E-state index is -0.0894. The van der Waals surface area contributed by atoms with Gasteiger partial charge in [-0.25, -0.2) is 10.9 Å². The number of nitrogens with zero attached hydrogens (tertiary/aromatic N) is 2. The molecule has 0 saturated heterocycles. The van der Waals surface area contributed by atoms with Crippen molar-refractivity contribution in [3.8, 4) is 0 Å². The van der Waals surface area contributed by atoms with Gasteiger partial charge in [-0.1, -0.05) is 60.7 Å². The van der Waals surface area contributed by atoms with E-state index in [4.69, 9.17) is 0 Å². The molecular weight excluding hydrogens is 384 g/mol. The molecule has 2 amide bonds. The summed E-state index contributed by atoms with van der Waals surface area (Å²) in [5.41, 5.74) is 6.95. The van der Waals surface area contributed by atoms with Gasteiger partial charge in [-0.3, -0.25) is 9.59 Å². The highest BCUT2D eigenvalue weighted by molar-refractivity contribution is 7.99. The summed E-state index contributed by atoms with van der Waals surface area (Å²) in [5, 5.41) is 7.89. The maximum absolute atomic E-state index is 11.7. The number of nitrogens with one attached hydrogen (secondary N) is 2. The topological polar surface area (TPSA) is 82.9 Å². The number of carbonyl (C=O) groups is 2. The Morgan fingerprint density at radius 3 is 1.55 bits per heavy atom. The minimum Gasteiger partial charge on any atom is -0.273 e. The standard InChI is InChI=1S/C22H26N4O2S/c27-21(25-23-17-19-9-3-1-4-10-19)13-7-15-29-16-8-14-22(28)26-24-18-20-11-5-2-6-12-20/h1-6,9-12,17-18H,7-8,13-16H2,(H,25,27)(H,26,28)/b23-17+,24-18?. The predicted molar refractivity (Wildman–Crippen MR) is 120 cm³/mol. The second-order valence-corrected chi connectivity index (χ2v) is 7.45. The Morgan fingerprint density at radius 2 is 1.14 bits per heavy atom. The molecule has 2 N–H and O–H groups in total. The average molecular weight is 411 g/mol. The maximum Gasteiger partial charge on any atom is 0.240 e. The zero-order valence-corrected chi connectivity index (χ0v) is 17.1. The van der Waals surface area contributed by atoms with Crippen LogP contribution in [0.4, 0.5) is 0 Å². The third kappa shape index (κ3) is 10.8. The van der Waals surface area contributed by atoms with Crippen LogP contribution in [0.5, 0.6) is 0 Å². The van der Waals surface area contributed by atoms with Crippen LogP contribution in [0.25, 0.3) is 0 Å². The van der Waals surface area contributed by atoms with Crippen molar-refractivity contribution in [1.29, 1.82) is 0 Å². The smallest absolute Gasteiger partial charge is 0.240 e. The average Bonchev–Trinajstić information content (AvgIpc) is 2.74. The molecule has 2 aromatic carbocycles. The molecular formula is C22H26N4O2S. The Kier molecular flexibility index (Phi) is 10.9. The van der Waals surface area contributed by atoms with Gasteiger partial charge in [-0.2, -0.15) is 22.0 Å². The van der Waals surface area contributed by atoms with Crippen LogP contribution in [0.1, 0.15) is 36.8 Å². The lowest BCUT2D eigenvalue weighted by molar-refractivity contribution is -0.121. The van der Waals surface area contributed by atoms with Gasteiger partial charge in [0.15, 0.2) is 0 Å². The summed E-state index contributed by atoms with van der Waals surface area (Å²) in [5.74, 6) is 1.58. The molecule has 0 aliphatic heterocycles. The molecule has 6 nitrogen and oxygen atoms in total. The largest absolute Gasteiger partial charge is 0.273 e. The normalized spacial score (nSPS) is 11.0. The van der Waals surface area contributed by atoms with Gasteiger partial charge in [0.05, 0.1) is 12.4 Å². The Labute approximate surface area is 175 Å². The molecule has 0 atom stereocenters. The van der Waals surface area contributed by atoms with E-state index < -0.39 is 0 Å². The first-order chi connectivity index (χ1) is 14.2. The van der Waals surface area contributed by atoms with Gasteiger partial charge >= 0.3 is 0 Å². The predicted octanol–water partition coefficient (Wildman–Crippen LogP) is 3.58. The first-order valence-electron chi connectivity index (χ1n) is 9.56. The fraction of sp³-hybridized carbons (Fsp3) is 0.273. The van der Waals surface area contributed by atoms with Crippen LogP contribution < -0.4 is 10.9 Å². The fourth-order valence-corrected chi connectivity index (χ4v) is 3.22. The summed E-state index contributed by atoms with van der Waals surface area (Å²) in [4.78, 5) is 23.4. The number of amides is 2. The Balaban J connectivity index is 1.44. The van der Waals surface area contributed by atoms with Crippen molar-refractivity contribution in [3.63, 3.8) is 0 Å². The first-order valence-corrected chi connectivity index (χ1v) is 10.7. The monoisotopic (exact) mass is 410 g/mol. The van der Waals surface area contributed by atoms with Gasteiger partial charge in [0, 0.05) is 12.8 Å². The minimum absolute atomic E-state index is 0.0894. The number of hydrazone groups is 2. The quantitative estimate of drug-likeness (QED) is 0.319. The number of hydrogen-bond donors (Lipinski definition) is 2. The second kappa shape index (κ2) is 14.1.